The molecule has 2 aliphatic heterocycles. The molecule has 52 heavy (non-hydrogen) atoms. The Morgan fingerprint density at radius 1 is 1.02 bits per heavy atom. The number of carbonyl (C=O) groups excluding carboxylic acids is 1. The minimum absolute atomic E-state index is 0.0749. The van der Waals surface area contributed by atoms with Crippen molar-refractivity contribution in [2.24, 2.45) is 0 Å². The van der Waals surface area contributed by atoms with Gasteiger partial charge in [0, 0.05) is 78.9 Å². The van der Waals surface area contributed by atoms with E-state index in [2.05, 4.69) is 15.2 Å². The third-order valence-electron chi connectivity index (χ3n) is 9.47. The van der Waals surface area contributed by atoms with Crippen LogP contribution in [0.2, 0.25) is 10.0 Å². The number of aliphatic hydroxyl groups is 1. The molecular weight excluding hydrogens is 707 g/mol. The summed E-state index contributed by atoms with van der Waals surface area (Å²) >= 11 is 14.2. The van der Waals surface area contributed by atoms with Crippen LogP contribution in [0.4, 0.5) is 4.79 Å². The van der Waals surface area contributed by atoms with Crippen LogP contribution >= 0.6 is 23.2 Å². The fourth-order valence-corrected chi connectivity index (χ4v) is 7.63. The number of halogens is 2. The molecule has 3 N–H and O–H groups in total. The molecule has 5 heterocycles. The zero-order valence-corrected chi connectivity index (χ0v) is 30.0. The van der Waals surface area contributed by atoms with Crippen molar-refractivity contribution >= 4 is 40.8 Å². The van der Waals surface area contributed by atoms with Crippen molar-refractivity contribution in [2.45, 2.75) is 44.5 Å². The molecule has 268 valence electrons. The van der Waals surface area contributed by atoms with E-state index in [4.69, 9.17) is 32.9 Å². The van der Waals surface area contributed by atoms with Gasteiger partial charge >= 0.3 is 6.09 Å². The Labute approximate surface area is 309 Å². The summed E-state index contributed by atoms with van der Waals surface area (Å²) in [5.74, 6) is 0.371. The summed E-state index contributed by atoms with van der Waals surface area (Å²) in [7, 11) is 1.58. The van der Waals surface area contributed by atoms with Crippen LogP contribution in [0.25, 0.3) is 39.2 Å². The third-order valence-corrected chi connectivity index (χ3v) is 10.3. The fourth-order valence-electron chi connectivity index (χ4n) is 6.97. The van der Waals surface area contributed by atoms with Gasteiger partial charge in [-0.2, -0.15) is 0 Å². The summed E-state index contributed by atoms with van der Waals surface area (Å²) in [5.41, 5.74) is 4.58. The monoisotopic (exact) mass is 742 g/mol. The Morgan fingerprint density at radius 2 is 1.71 bits per heavy atom. The smallest absolute Gasteiger partial charge is 0.407 e. The second-order valence-electron chi connectivity index (χ2n) is 13.5. The number of nitrogens with zero attached hydrogens (tertiary/aromatic N) is 5. The van der Waals surface area contributed by atoms with Crippen molar-refractivity contribution in [2.75, 3.05) is 26.7 Å². The van der Waals surface area contributed by atoms with Gasteiger partial charge in [-0.05, 0) is 37.1 Å². The van der Waals surface area contributed by atoms with E-state index in [-0.39, 0.29) is 30.6 Å². The summed E-state index contributed by atoms with van der Waals surface area (Å²) in [5, 5.41) is 23.6. The molecule has 7 rings (SSSR count). The van der Waals surface area contributed by atoms with Crippen LogP contribution in [0.5, 0.6) is 5.88 Å². The first-order valence-electron chi connectivity index (χ1n) is 16.7. The molecule has 2 saturated heterocycles. The Kier molecular flexibility index (Phi) is 9.66. The molecule has 0 spiro atoms. The number of pyridine rings is 2. The molecular formula is C38H36Cl2N6O6. The van der Waals surface area contributed by atoms with E-state index in [1.165, 1.54) is 10.6 Å². The van der Waals surface area contributed by atoms with Gasteiger partial charge in [-0.3, -0.25) is 18.9 Å². The van der Waals surface area contributed by atoms with Gasteiger partial charge in [-0.1, -0.05) is 65.7 Å². The maximum atomic E-state index is 13.4. The van der Waals surface area contributed by atoms with E-state index in [0.717, 1.165) is 10.5 Å². The molecule has 0 aliphatic carbocycles. The van der Waals surface area contributed by atoms with E-state index >= 15 is 0 Å². The predicted octanol–water partition coefficient (Wildman–Crippen LogP) is 5.73. The van der Waals surface area contributed by atoms with Gasteiger partial charge in [0.25, 0.3) is 5.56 Å². The number of benzene rings is 2. The lowest BCUT2D eigenvalue weighted by Crippen LogP contribution is -2.59. The normalized spacial score (nSPS) is 16.8. The highest BCUT2D eigenvalue weighted by molar-refractivity contribution is 6.39. The number of nitrogens with one attached hydrogen (secondary N) is 1. The van der Waals surface area contributed by atoms with Crippen LogP contribution in [-0.4, -0.2) is 84.8 Å². The quantitative estimate of drug-likeness (QED) is 0.163. The molecule has 5 aromatic rings. The molecule has 2 aromatic carbocycles. The van der Waals surface area contributed by atoms with Crippen molar-refractivity contribution in [3.8, 4) is 39.4 Å². The zero-order valence-electron chi connectivity index (χ0n) is 28.5. The van der Waals surface area contributed by atoms with Crippen LogP contribution in [0.15, 0.2) is 77.9 Å². The number of amides is 2. The van der Waals surface area contributed by atoms with Gasteiger partial charge < -0.3 is 25.2 Å². The maximum absolute atomic E-state index is 13.4. The number of hydrogen-bond donors (Lipinski definition) is 3. The predicted molar refractivity (Wildman–Crippen MR) is 198 cm³/mol. The highest BCUT2D eigenvalue weighted by Crippen LogP contribution is 2.42. The Bertz CT molecular complexity index is 2270. The SMILES string of the molecule is COc1nc(-c2cccc(-c3cccc(-c4ccn5c(=O)c(CN(CC6CCC(=O)N6)C(=O)O)cnc5c4)c3Cl)c2Cl)ccc1CN1CC(C)(O)C1. The first kappa shape index (κ1) is 35.4. The van der Waals surface area contributed by atoms with Crippen molar-refractivity contribution < 1.29 is 24.5 Å². The standard InChI is InChI=1S/C38H36Cl2N6O6/c1-38(51)20-44(21-38)17-23-9-11-30(43-35(23)52-2)29-8-4-7-28(34(29)40)27-6-3-5-26(33(27)39)22-13-14-46-31(15-22)41-16-24(36(46)48)18-45(37(49)50)19-25-10-12-32(47)42-25/h3-9,11,13-16,25,51H,10,12,17-21H2,1-2H3,(H,42,47)(H,49,50). The number of ether oxygens (including phenoxy) is 1. The Morgan fingerprint density at radius 3 is 2.37 bits per heavy atom. The molecule has 2 aliphatic rings. The lowest BCUT2D eigenvalue weighted by molar-refractivity contribution is -0.119. The van der Waals surface area contributed by atoms with E-state index in [9.17, 15) is 24.6 Å². The van der Waals surface area contributed by atoms with Crippen molar-refractivity contribution in [1.29, 1.82) is 0 Å². The Balaban J connectivity index is 1.15. The number of fused-ring (bicyclic) bond motifs is 1. The van der Waals surface area contributed by atoms with Gasteiger partial charge in [0.15, 0.2) is 0 Å². The van der Waals surface area contributed by atoms with Gasteiger partial charge in [-0.25, -0.2) is 14.8 Å². The summed E-state index contributed by atoms with van der Waals surface area (Å²) < 4.78 is 7.01. The van der Waals surface area contributed by atoms with Crippen molar-refractivity contribution in [3.05, 3.63) is 105 Å². The van der Waals surface area contributed by atoms with Crippen LogP contribution < -0.4 is 15.6 Å². The first-order chi connectivity index (χ1) is 24.9. The van der Waals surface area contributed by atoms with Crippen LogP contribution in [-0.2, 0) is 17.9 Å². The lowest BCUT2D eigenvalue weighted by Gasteiger charge is -2.44. The van der Waals surface area contributed by atoms with Gasteiger partial charge in [0.2, 0.25) is 11.8 Å². The molecule has 2 fully saturated rings. The molecule has 3 aromatic heterocycles. The topological polar surface area (TPSA) is 150 Å². The number of aromatic nitrogens is 3. The van der Waals surface area contributed by atoms with Gasteiger partial charge in [-0.15, -0.1) is 0 Å². The first-order valence-corrected chi connectivity index (χ1v) is 17.5. The summed E-state index contributed by atoms with van der Waals surface area (Å²) in [6.07, 6.45) is 2.67. The second kappa shape index (κ2) is 14.2. The highest BCUT2D eigenvalue weighted by atomic mass is 35.5. The minimum atomic E-state index is -1.19. The number of β-amino-alcohol motifs (C(OH)–C–C–N with tert-alkyl or cyclic N) is 1. The molecule has 0 radical (unpaired) electrons. The van der Waals surface area contributed by atoms with Crippen molar-refractivity contribution in [1.82, 2.24) is 29.5 Å². The molecule has 0 saturated carbocycles. The van der Waals surface area contributed by atoms with Gasteiger partial charge in [0.1, 0.15) is 5.65 Å². The van der Waals surface area contributed by atoms with Crippen molar-refractivity contribution in [3.63, 3.8) is 0 Å². The van der Waals surface area contributed by atoms with E-state index < -0.39 is 17.3 Å². The second-order valence-corrected chi connectivity index (χ2v) is 14.3. The third kappa shape index (κ3) is 7.07. The number of methoxy groups -OCH3 is 1. The number of rotatable bonds is 10. The minimum Gasteiger partial charge on any atom is -0.481 e. The van der Waals surface area contributed by atoms with E-state index in [0.29, 0.717) is 87.6 Å². The van der Waals surface area contributed by atoms with Crippen LogP contribution in [0.3, 0.4) is 0 Å². The molecule has 0 bridgehead atoms. The number of carboxylic acid groups (broad SMARTS) is 1. The zero-order chi connectivity index (χ0) is 36.7. The average molecular weight is 744 g/mol. The highest BCUT2D eigenvalue weighted by Gasteiger charge is 2.36. The van der Waals surface area contributed by atoms with Gasteiger partial charge in [0.05, 0.1) is 40.6 Å². The molecule has 1 unspecified atom stereocenters. The largest absolute Gasteiger partial charge is 0.481 e. The number of carbonyl (C=O) groups is 2. The molecule has 2 amide bonds. The number of hydrogen-bond acceptors (Lipinski definition) is 8. The van der Waals surface area contributed by atoms with Crippen LogP contribution in [0, 0.1) is 0 Å². The van der Waals surface area contributed by atoms with E-state index in [1.54, 1.807) is 25.4 Å². The molecule has 1 atom stereocenters. The summed E-state index contributed by atoms with van der Waals surface area (Å²) in [4.78, 5) is 49.5. The molecule has 12 nitrogen and oxygen atoms in total. The maximum Gasteiger partial charge on any atom is 0.407 e. The summed E-state index contributed by atoms with van der Waals surface area (Å²) in [6.45, 7) is 3.50. The van der Waals surface area contributed by atoms with Crippen LogP contribution in [0.1, 0.15) is 30.9 Å². The average Bonchev–Trinajstić information content (AvgIpc) is 3.52. The fraction of sp³-hybridized carbons (Fsp3) is 0.289. The number of likely N-dealkylation sites (tertiary alicyclic amines) is 1. The summed E-state index contributed by atoms with van der Waals surface area (Å²) in [6, 6.07) is 18.4. The Hall–Kier alpha value is -5.01. The molecule has 14 heteroatoms. The lowest BCUT2D eigenvalue weighted by atomic mass is 9.96. The van der Waals surface area contributed by atoms with E-state index in [1.807, 2.05) is 55.5 Å².